The van der Waals surface area contributed by atoms with Crippen molar-refractivity contribution in [2.75, 3.05) is 16.8 Å². The second-order valence-corrected chi connectivity index (χ2v) is 6.52. The molecule has 25 heavy (non-hydrogen) atoms. The quantitative estimate of drug-likeness (QED) is 0.854. The van der Waals surface area contributed by atoms with Gasteiger partial charge in [-0.05, 0) is 55.2 Å². The van der Waals surface area contributed by atoms with E-state index in [0.717, 1.165) is 17.5 Å². The first-order chi connectivity index (χ1) is 11.8. The summed E-state index contributed by atoms with van der Waals surface area (Å²) >= 11 is 6.23. The summed E-state index contributed by atoms with van der Waals surface area (Å²) in [6, 6.07) is 11.4. The van der Waals surface area contributed by atoms with Crippen molar-refractivity contribution in [1.82, 2.24) is 0 Å². The van der Waals surface area contributed by atoms with Crippen molar-refractivity contribution in [3.05, 3.63) is 58.1 Å². The van der Waals surface area contributed by atoms with E-state index in [4.69, 9.17) is 11.6 Å². The number of carbonyl (C=O) groups is 2. The van der Waals surface area contributed by atoms with E-state index in [9.17, 15) is 9.59 Å². The van der Waals surface area contributed by atoms with Crippen LogP contribution < -0.4 is 10.2 Å². The van der Waals surface area contributed by atoms with Crippen molar-refractivity contribution in [3.63, 3.8) is 0 Å². The Balaban J connectivity index is 2.17. The third-order valence-corrected chi connectivity index (χ3v) is 4.33. The van der Waals surface area contributed by atoms with Crippen molar-refractivity contribution >= 4 is 34.8 Å². The summed E-state index contributed by atoms with van der Waals surface area (Å²) in [4.78, 5) is 25.9. The fourth-order valence-corrected chi connectivity index (χ4v) is 3.06. The molecule has 2 aromatic rings. The summed E-state index contributed by atoms with van der Waals surface area (Å²) in [6.45, 7) is 7.29. The van der Waals surface area contributed by atoms with Crippen LogP contribution in [-0.4, -0.2) is 18.4 Å². The number of rotatable bonds is 5. The molecule has 2 aromatic carbocycles. The van der Waals surface area contributed by atoms with E-state index < -0.39 is 0 Å². The van der Waals surface area contributed by atoms with Gasteiger partial charge in [0, 0.05) is 12.6 Å². The van der Waals surface area contributed by atoms with Crippen LogP contribution in [0.5, 0.6) is 0 Å². The van der Waals surface area contributed by atoms with E-state index in [1.54, 1.807) is 6.07 Å². The number of nitrogens with zero attached hydrogens (tertiary/aromatic N) is 1. The van der Waals surface area contributed by atoms with Crippen molar-refractivity contribution < 1.29 is 9.59 Å². The summed E-state index contributed by atoms with van der Waals surface area (Å²) in [5, 5.41) is 3.31. The van der Waals surface area contributed by atoms with Crippen LogP contribution in [-0.2, 0) is 16.0 Å². The molecule has 0 aliphatic rings. The van der Waals surface area contributed by atoms with Gasteiger partial charge in [0.05, 0.1) is 10.7 Å². The normalized spacial score (nSPS) is 10.4. The zero-order chi connectivity index (χ0) is 18.6. The molecule has 0 aromatic heterocycles. The van der Waals surface area contributed by atoms with Crippen LogP contribution in [0.1, 0.15) is 30.5 Å². The highest BCUT2D eigenvalue weighted by atomic mass is 35.5. The number of hydrogen-bond acceptors (Lipinski definition) is 2. The third kappa shape index (κ3) is 4.83. The molecular weight excluding hydrogens is 336 g/mol. The van der Waals surface area contributed by atoms with Gasteiger partial charge in [0.2, 0.25) is 11.8 Å². The van der Waals surface area contributed by atoms with Gasteiger partial charge in [-0.2, -0.15) is 0 Å². The predicted molar refractivity (Wildman–Crippen MR) is 103 cm³/mol. The Hall–Kier alpha value is -2.33. The van der Waals surface area contributed by atoms with Crippen LogP contribution in [0, 0.1) is 13.8 Å². The minimum absolute atomic E-state index is 0.0650. The minimum Gasteiger partial charge on any atom is -0.323 e. The van der Waals surface area contributed by atoms with Gasteiger partial charge >= 0.3 is 0 Å². The maximum Gasteiger partial charge on any atom is 0.244 e. The molecule has 0 saturated carbocycles. The fourth-order valence-electron chi connectivity index (χ4n) is 2.69. The highest BCUT2D eigenvalue weighted by Gasteiger charge is 2.17. The largest absolute Gasteiger partial charge is 0.323 e. The van der Waals surface area contributed by atoms with Gasteiger partial charge in [0.1, 0.15) is 6.54 Å². The number of anilines is 2. The predicted octanol–water partition coefficient (Wildman–Crippen LogP) is 4.51. The lowest BCUT2D eigenvalue weighted by molar-refractivity contribution is -0.120. The Morgan fingerprint density at radius 3 is 2.28 bits per heavy atom. The SMILES string of the molecule is CCc1ccc(N(CC(=O)Nc2c(C)cc(C)cc2Cl)C(C)=O)cc1. The standard InChI is InChI=1S/C20H23ClN2O2/c1-5-16-6-8-17(9-7-16)23(15(4)24)12-19(25)22-20-14(3)10-13(2)11-18(20)21/h6-11H,5,12H2,1-4H3,(H,22,25). The number of amides is 2. The zero-order valence-corrected chi connectivity index (χ0v) is 15.8. The topological polar surface area (TPSA) is 49.4 Å². The van der Waals surface area contributed by atoms with Crippen molar-refractivity contribution in [1.29, 1.82) is 0 Å². The number of halogens is 1. The molecule has 0 aliphatic heterocycles. The van der Waals surface area contributed by atoms with E-state index in [1.807, 2.05) is 44.2 Å². The highest BCUT2D eigenvalue weighted by molar-refractivity contribution is 6.34. The summed E-state index contributed by atoms with van der Waals surface area (Å²) in [6.07, 6.45) is 0.923. The van der Waals surface area contributed by atoms with E-state index in [1.165, 1.54) is 17.4 Å². The van der Waals surface area contributed by atoms with Gasteiger partial charge in [-0.1, -0.05) is 36.7 Å². The van der Waals surface area contributed by atoms with Crippen LogP contribution in [0.4, 0.5) is 11.4 Å². The fraction of sp³-hybridized carbons (Fsp3) is 0.300. The molecule has 5 heteroatoms. The van der Waals surface area contributed by atoms with Crippen LogP contribution in [0.15, 0.2) is 36.4 Å². The molecule has 0 bridgehead atoms. The Kier molecular flexibility index (Phi) is 6.21. The lowest BCUT2D eigenvalue weighted by atomic mass is 10.1. The highest BCUT2D eigenvalue weighted by Crippen LogP contribution is 2.27. The van der Waals surface area contributed by atoms with Gasteiger partial charge in [-0.3, -0.25) is 9.59 Å². The smallest absolute Gasteiger partial charge is 0.244 e. The van der Waals surface area contributed by atoms with Crippen LogP contribution in [0.3, 0.4) is 0 Å². The third-order valence-electron chi connectivity index (χ3n) is 4.03. The first kappa shape index (κ1) is 19.0. The molecule has 0 fully saturated rings. The maximum absolute atomic E-state index is 12.4. The second-order valence-electron chi connectivity index (χ2n) is 6.11. The van der Waals surface area contributed by atoms with Gasteiger partial charge < -0.3 is 10.2 Å². The average Bonchev–Trinajstić information content (AvgIpc) is 2.56. The van der Waals surface area contributed by atoms with E-state index in [2.05, 4.69) is 12.2 Å². The Labute approximate surface area is 153 Å². The van der Waals surface area contributed by atoms with Crippen molar-refractivity contribution in [2.24, 2.45) is 0 Å². The van der Waals surface area contributed by atoms with Gasteiger partial charge in [0.25, 0.3) is 0 Å². The monoisotopic (exact) mass is 358 g/mol. The molecule has 0 atom stereocenters. The average molecular weight is 359 g/mol. The second kappa shape index (κ2) is 8.17. The molecule has 0 aliphatic carbocycles. The Morgan fingerprint density at radius 2 is 1.76 bits per heavy atom. The zero-order valence-electron chi connectivity index (χ0n) is 15.0. The maximum atomic E-state index is 12.4. The molecule has 4 nitrogen and oxygen atoms in total. The number of benzene rings is 2. The number of hydrogen-bond donors (Lipinski definition) is 1. The lowest BCUT2D eigenvalue weighted by Gasteiger charge is -2.21. The van der Waals surface area contributed by atoms with Gasteiger partial charge in [-0.25, -0.2) is 0 Å². The van der Waals surface area contributed by atoms with E-state index >= 15 is 0 Å². The van der Waals surface area contributed by atoms with Crippen molar-refractivity contribution in [2.45, 2.75) is 34.1 Å². The minimum atomic E-state index is -0.288. The molecule has 0 spiro atoms. The summed E-state index contributed by atoms with van der Waals surface area (Å²) in [5.41, 5.74) is 4.38. The molecule has 2 amide bonds. The molecule has 0 unspecified atom stereocenters. The van der Waals surface area contributed by atoms with Gasteiger partial charge in [0.15, 0.2) is 0 Å². The van der Waals surface area contributed by atoms with E-state index in [0.29, 0.717) is 16.4 Å². The molecule has 2 rings (SSSR count). The van der Waals surface area contributed by atoms with E-state index in [-0.39, 0.29) is 18.4 Å². The lowest BCUT2D eigenvalue weighted by Crippen LogP contribution is -2.36. The summed E-state index contributed by atoms with van der Waals surface area (Å²) < 4.78 is 0. The Bertz CT molecular complexity index is 762. The first-order valence-electron chi connectivity index (χ1n) is 8.25. The summed E-state index contributed by atoms with van der Waals surface area (Å²) in [7, 11) is 0. The molecule has 0 saturated heterocycles. The number of nitrogens with one attached hydrogen (secondary N) is 1. The molecule has 0 radical (unpaired) electrons. The number of aryl methyl sites for hydroxylation is 3. The molecule has 1 N–H and O–H groups in total. The van der Waals surface area contributed by atoms with Crippen LogP contribution in [0.25, 0.3) is 0 Å². The van der Waals surface area contributed by atoms with Crippen LogP contribution >= 0.6 is 11.6 Å². The number of carbonyl (C=O) groups excluding carboxylic acids is 2. The summed E-state index contributed by atoms with van der Waals surface area (Å²) in [5.74, 6) is -0.477. The first-order valence-corrected chi connectivity index (χ1v) is 8.63. The van der Waals surface area contributed by atoms with Crippen LogP contribution in [0.2, 0.25) is 5.02 Å². The molecule has 132 valence electrons. The van der Waals surface area contributed by atoms with Crippen molar-refractivity contribution in [3.8, 4) is 0 Å². The Morgan fingerprint density at radius 1 is 1.12 bits per heavy atom. The molecular formula is C20H23ClN2O2. The molecule has 0 heterocycles. The van der Waals surface area contributed by atoms with Gasteiger partial charge in [-0.15, -0.1) is 0 Å².